The van der Waals surface area contributed by atoms with Crippen LogP contribution in [0.2, 0.25) is 0 Å². The standard InChI is InChI=1S/C25H36F2O2/c1-2-3-4-18-5-7-19(8-6-18)9-10-20-11-13-21(14-12-20)25(28)29-22-15-16-23(26)24(27)17-22/h15-21H,2-14H2,1H3. The first kappa shape index (κ1) is 22.2. The van der Waals surface area contributed by atoms with Gasteiger partial charge in [0.25, 0.3) is 0 Å². The maximum Gasteiger partial charge on any atom is 0.314 e. The SMILES string of the molecule is CCCCC1CCC(CCC2CCC(C(=O)Oc3ccc(F)c(F)c3)CC2)CC1. The number of ether oxygens (including phenoxy) is 1. The highest BCUT2D eigenvalue weighted by Crippen LogP contribution is 2.38. The Morgan fingerprint density at radius 2 is 1.41 bits per heavy atom. The molecular weight excluding hydrogens is 370 g/mol. The minimum Gasteiger partial charge on any atom is -0.426 e. The normalized spacial score (nSPS) is 27.6. The summed E-state index contributed by atoms with van der Waals surface area (Å²) in [6.07, 6.45) is 16.3. The predicted molar refractivity (Wildman–Crippen MR) is 112 cm³/mol. The fourth-order valence-electron chi connectivity index (χ4n) is 5.20. The van der Waals surface area contributed by atoms with E-state index < -0.39 is 11.6 Å². The van der Waals surface area contributed by atoms with Crippen molar-refractivity contribution in [2.75, 3.05) is 0 Å². The van der Waals surface area contributed by atoms with Gasteiger partial charge in [-0.3, -0.25) is 4.79 Å². The minimum absolute atomic E-state index is 0.0885. The van der Waals surface area contributed by atoms with Crippen molar-refractivity contribution in [1.29, 1.82) is 0 Å². The summed E-state index contributed by atoms with van der Waals surface area (Å²) < 4.78 is 31.5. The molecule has 2 saturated carbocycles. The molecule has 1 aromatic carbocycles. The molecule has 0 bridgehead atoms. The summed E-state index contributed by atoms with van der Waals surface area (Å²) in [6.45, 7) is 2.28. The molecular formula is C25H36F2O2. The first-order chi connectivity index (χ1) is 14.0. The highest BCUT2D eigenvalue weighted by atomic mass is 19.2. The molecule has 3 rings (SSSR count). The van der Waals surface area contributed by atoms with Crippen LogP contribution in [-0.4, -0.2) is 5.97 Å². The number of hydrogen-bond donors (Lipinski definition) is 0. The monoisotopic (exact) mass is 406 g/mol. The summed E-state index contributed by atoms with van der Waals surface area (Å²) in [5.74, 6) is 0.350. The third kappa shape index (κ3) is 6.79. The first-order valence-electron chi connectivity index (χ1n) is 11.7. The summed E-state index contributed by atoms with van der Waals surface area (Å²) in [6, 6.07) is 3.24. The molecule has 4 heteroatoms. The second-order valence-corrected chi connectivity index (χ2v) is 9.32. The lowest BCUT2D eigenvalue weighted by atomic mass is 9.75. The van der Waals surface area contributed by atoms with Crippen molar-refractivity contribution in [1.82, 2.24) is 0 Å². The van der Waals surface area contributed by atoms with Gasteiger partial charge in [-0.05, 0) is 55.6 Å². The lowest BCUT2D eigenvalue weighted by Crippen LogP contribution is -2.26. The van der Waals surface area contributed by atoms with Gasteiger partial charge in [0.15, 0.2) is 11.6 Å². The number of unbranched alkanes of at least 4 members (excludes halogenated alkanes) is 1. The van der Waals surface area contributed by atoms with Gasteiger partial charge in [0.05, 0.1) is 5.92 Å². The minimum atomic E-state index is -0.988. The van der Waals surface area contributed by atoms with Crippen LogP contribution < -0.4 is 4.74 Å². The number of carbonyl (C=O) groups excluding carboxylic acids is 1. The van der Waals surface area contributed by atoms with E-state index in [1.54, 1.807) is 0 Å². The topological polar surface area (TPSA) is 26.3 Å². The van der Waals surface area contributed by atoms with Crippen LogP contribution in [0.1, 0.15) is 90.4 Å². The molecule has 0 atom stereocenters. The van der Waals surface area contributed by atoms with Crippen LogP contribution in [0, 0.1) is 35.3 Å². The molecule has 0 amide bonds. The van der Waals surface area contributed by atoms with Crippen molar-refractivity contribution >= 4 is 5.97 Å². The molecule has 2 aliphatic carbocycles. The van der Waals surface area contributed by atoms with Crippen LogP contribution in [0.15, 0.2) is 18.2 Å². The van der Waals surface area contributed by atoms with Crippen molar-refractivity contribution in [3.8, 4) is 5.75 Å². The molecule has 0 saturated heterocycles. The maximum atomic E-state index is 13.3. The molecule has 0 aliphatic heterocycles. The van der Waals surface area contributed by atoms with Crippen LogP contribution in [0.3, 0.4) is 0 Å². The largest absolute Gasteiger partial charge is 0.426 e. The molecule has 0 aromatic heterocycles. The van der Waals surface area contributed by atoms with E-state index in [0.717, 1.165) is 55.6 Å². The molecule has 0 N–H and O–H groups in total. The highest BCUT2D eigenvalue weighted by Gasteiger charge is 2.29. The van der Waals surface area contributed by atoms with Crippen molar-refractivity contribution in [2.45, 2.75) is 90.4 Å². The Morgan fingerprint density at radius 1 is 0.862 bits per heavy atom. The van der Waals surface area contributed by atoms with E-state index in [9.17, 15) is 13.6 Å². The first-order valence-corrected chi connectivity index (χ1v) is 11.7. The van der Waals surface area contributed by atoms with Gasteiger partial charge in [-0.25, -0.2) is 8.78 Å². The predicted octanol–water partition coefficient (Wildman–Crippen LogP) is 7.45. The average molecular weight is 407 g/mol. The zero-order chi connectivity index (χ0) is 20.6. The van der Waals surface area contributed by atoms with Gasteiger partial charge >= 0.3 is 5.97 Å². The lowest BCUT2D eigenvalue weighted by Gasteiger charge is -2.31. The van der Waals surface area contributed by atoms with Gasteiger partial charge in [0.1, 0.15) is 5.75 Å². The van der Waals surface area contributed by atoms with E-state index in [4.69, 9.17) is 4.74 Å². The highest BCUT2D eigenvalue weighted by molar-refractivity contribution is 5.75. The zero-order valence-corrected chi connectivity index (χ0v) is 17.8. The van der Waals surface area contributed by atoms with Gasteiger partial charge in [-0.15, -0.1) is 0 Å². The van der Waals surface area contributed by atoms with Crippen LogP contribution in [0.25, 0.3) is 0 Å². The molecule has 0 radical (unpaired) electrons. The van der Waals surface area contributed by atoms with Crippen molar-refractivity contribution in [2.24, 2.45) is 23.7 Å². The van der Waals surface area contributed by atoms with E-state index >= 15 is 0 Å². The summed E-state index contributed by atoms with van der Waals surface area (Å²) in [5, 5.41) is 0. The fraction of sp³-hybridized carbons (Fsp3) is 0.720. The Morgan fingerprint density at radius 3 is 1.97 bits per heavy atom. The third-order valence-electron chi connectivity index (χ3n) is 7.21. The Labute approximate surface area is 174 Å². The molecule has 2 nitrogen and oxygen atoms in total. The summed E-state index contributed by atoms with van der Waals surface area (Å²) >= 11 is 0. The fourth-order valence-corrected chi connectivity index (χ4v) is 5.20. The molecule has 0 heterocycles. The molecule has 0 spiro atoms. The molecule has 0 unspecified atom stereocenters. The average Bonchev–Trinajstić information content (AvgIpc) is 2.74. The van der Waals surface area contributed by atoms with Crippen LogP contribution in [-0.2, 0) is 4.79 Å². The van der Waals surface area contributed by atoms with Gasteiger partial charge < -0.3 is 4.74 Å². The quantitative estimate of drug-likeness (QED) is 0.331. The lowest BCUT2D eigenvalue weighted by molar-refractivity contribution is -0.140. The van der Waals surface area contributed by atoms with Crippen LogP contribution in [0.5, 0.6) is 5.75 Å². The van der Waals surface area contributed by atoms with Crippen molar-refractivity contribution in [3.63, 3.8) is 0 Å². The van der Waals surface area contributed by atoms with Gasteiger partial charge in [0.2, 0.25) is 0 Å². The Balaban J connectivity index is 1.33. The van der Waals surface area contributed by atoms with Gasteiger partial charge in [-0.2, -0.15) is 0 Å². The molecule has 2 fully saturated rings. The van der Waals surface area contributed by atoms with E-state index in [-0.39, 0.29) is 17.6 Å². The third-order valence-corrected chi connectivity index (χ3v) is 7.21. The Hall–Kier alpha value is -1.45. The van der Waals surface area contributed by atoms with Crippen LogP contribution >= 0.6 is 0 Å². The van der Waals surface area contributed by atoms with E-state index in [1.807, 2.05) is 0 Å². The maximum absolute atomic E-state index is 13.3. The Kier molecular flexibility index (Phi) is 8.50. The molecule has 2 aliphatic rings. The smallest absolute Gasteiger partial charge is 0.314 e. The second kappa shape index (κ2) is 11.1. The molecule has 162 valence electrons. The summed E-state index contributed by atoms with van der Waals surface area (Å²) in [5.41, 5.74) is 0. The van der Waals surface area contributed by atoms with Gasteiger partial charge in [0, 0.05) is 6.07 Å². The number of halogens is 2. The van der Waals surface area contributed by atoms with Gasteiger partial charge in [-0.1, -0.05) is 64.7 Å². The number of rotatable bonds is 8. The summed E-state index contributed by atoms with van der Waals surface area (Å²) in [4.78, 5) is 12.3. The second-order valence-electron chi connectivity index (χ2n) is 9.32. The molecule has 29 heavy (non-hydrogen) atoms. The van der Waals surface area contributed by atoms with Crippen LogP contribution in [0.4, 0.5) is 8.78 Å². The van der Waals surface area contributed by atoms with E-state index in [1.165, 1.54) is 63.9 Å². The number of benzene rings is 1. The summed E-state index contributed by atoms with van der Waals surface area (Å²) in [7, 11) is 0. The van der Waals surface area contributed by atoms with Crippen molar-refractivity contribution < 1.29 is 18.3 Å². The van der Waals surface area contributed by atoms with E-state index in [2.05, 4.69) is 6.92 Å². The zero-order valence-electron chi connectivity index (χ0n) is 17.8. The number of carbonyl (C=O) groups is 1. The Bertz CT molecular complexity index is 644. The number of hydrogen-bond acceptors (Lipinski definition) is 2. The van der Waals surface area contributed by atoms with E-state index in [0.29, 0.717) is 0 Å². The number of esters is 1. The van der Waals surface area contributed by atoms with Crippen molar-refractivity contribution in [3.05, 3.63) is 29.8 Å². The molecule has 1 aromatic rings.